The van der Waals surface area contributed by atoms with E-state index in [1.165, 1.54) is 0 Å². The molecule has 0 amide bonds. The summed E-state index contributed by atoms with van der Waals surface area (Å²) in [4.78, 5) is 4.04. The fourth-order valence-electron chi connectivity index (χ4n) is 2.00. The molecule has 0 radical (unpaired) electrons. The lowest BCUT2D eigenvalue weighted by molar-refractivity contribution is 0.322. The van der Waals surface area contributed by atoms with Gasteiger partial charge in [0.1, 0.15) is 0 Å². The zero-order valence-corrected chi connectivity index (χ0v) is 12.9. The normalized spacial score (nSPS) is 10.1. The van der Waals surface area contributed by atoms with Crippen LogP contribution in [0.15, 0.2) is 30.6 Å². The third-order valence-corrected chi connectivity index (χ3v) is 3.35. The molecule has 1 N–H and O–H groups in total. The number of anilines is 1. The average Bonchev–Trinajstić information content (AvgIpc) is 2.52. The fraction of sp³-hybridized carbons (Fsp3) is 0.267. The molecule has 0 unspecified atom stereocenters. The van der Waals surface area contributed by atoms with E-state index >= 15 is 0 Å². The van der Waals surface area contributed by atoms with Crippen molar-refractivity contribution in [2.45, 2.75) is 6.54 Å². The van der Waals surface area contributed by atoms with Crippen LogP contribution in [0, 0.1) is 0 Å². The molecular formula is C15H17ClN2O3. The lowest BCUT2D eigenvalue weighted by Gasteiger charge is -2.16. The molecule has 0 aliphatic rings. The minimum absolute atomic E-state index is 0.523. The average molecular weight is 309 g/mol. The Morgan fingerprint density at radius 2 is 1.81 bits per heavy atom. The molecule has 0 atom stereocenters. The van der Waals surface area contributed by atoms with E-state index in [-0.39, 0.29) is 0 Å². The van der Waals surface area contributed by atoms with Gasteiger partial charge in [-0.1, -0.05) is 11.6 Å². The Hall–Kier alpha value is -2.14. The van der Waals surface area contributed by atoms with E-state index in [0.29, 0.717) is 28.8 Å². The molecule has 0 aliphatic heterocycles. The number of halogens is 1. The molecule has 0 spiro atoms. The van der Waals surface area contributed by atoms with Crippen LogP contribution in [0.2, 0.25) is 5.02 Å². The largest absolute Gasteiger partial charge is 0.493 e. The highest BCUT2D eigenvalue weighted by molar-refractivity contribution is 6.33. The highest BCUT2D eigenvalue weighted by Gasteiger charge is 2.15. The number of ether oxygens (including phenoxy) is 3. The number of rotatable bonds is 6. The van der Waals surface area contributed by atoms with E-state index in [4.69, 9.17) is 25.8 Å². The van der Waals surface area contributed by atoms with Gasteiger partial charge in [-0.3, -0.25) is 4.98 Å². The fourth-order valence-corrected chi connectivity index (χ4v) is 2.17. The first-order valence-corrected chi connectivity index (χ1v) is 6.70. The van der Waals surface area contributed by atoms with Crippen LogP contribution < -0.4 is 19.5 Å². The van der Waals surface area contributed by atoms with Gasteiger partial charge in [0.25, 0.3) is 0 Å². The minimum atomic E-state index is 0.523. The van der Waals surface area contributed by atoms with E-state index in [0.717, 1.165) is 11.3 Å². The summed E-state index contributed by atoms with van der Waals surface area (Å²) in [6.45, 7) is 0.523. The molecule has 1 aromatic carbocycles. The van der Waals surface area contributed by atoms with Crippen LogP contribution in [-0.2, 0) is 6.54 Å². The summed E-state index contributed by atoms with van der Waals surface area (Å²) in [6.07, 6.45) is 3.32. The highest BCUT2D eigenvalue weighted by Crippen LogP contribution is 2.40. The van der Waals surface area contributed by atoms with Gasteiger partial charge in [-0.25, -0.2) is 0 Å². The molecule has 0 saturated carbocycles. The van der Waals surface area contributed by atoms with E-state index in [1.54, 1.807) is 39.8 Å². The van der Waals surface area contributed by atoms with Crippen LogP contribution >= 0.6 is 11.6 Å². The first-order chi connectivity index (χ1) is 10.2. The molecule has 112 valence electrons. The van der Waals surface area contributed by atoms with Gasteiger partial charge in [0, 0.05) is 18.3 Å². The molecule has 0 bridgehead atoms. The van der Waals surface area contributed by atoms with Gasteiger partial charge in [0.15, 0.2) is 11.5 Å². The van der Waals surface area contributed by atoms with E-state index in [2.05, 4.69) is 10.3 Å². The van der Waals surface area contributed by atoms with Crippen molar-refractivity contribution < 1.29 is 14.2 Å². The summed E-state index contributed by atoms with van der Waals surface area (Å²) >= 11 is 6.09. The Kier molecular flexibility index (Phi) is 5.11. The number of nitrogens with one attached hydrogen (secondary N) is 1. The van der Waals surface area contributed by atoms with Crippen LogP contribution in [0.1, 0.15) is 5.56 Å². The zero-order valence-electron chi connectivity index (χ0n) is 12.1. The van der Waals surface area contributed by atoms with Crippen molar-refractivity contribution in [3.63, 3.8) is 0 Å². The van der Waals surface area contributed by atoms with Crippen molar-refractivity contribution in [3.05, 3.63) is 41.2 Å². The van der Waals surface area contributed by atoms with Crippen molar-refractivity contribution in [1.82, 2.24) is 4.98 Å². The van der Waals surface area contributed by atoms with Crippen molar-refractivity contribution in [2.24, 2.45) is 0 Å². The summed E-state index contributed by atoms with van der Waals surface area (Å²) in [5, 5.41) is 3.84. The van der Waals surface area contributed by atoms with Crippen LogP contribution in [0.3, 0.4) is 0 Å². The molecule has 0 aliphatic carbocycles. The van der Waals surface area contributed by atoms with Crippen LogP contribution in [-0.4, -0.2) is 26.3 Å². The SMILES string of the molecule is COc1ccc(CNc2cnccc2Cl)c(OC)c1OC. The Morgan fingerprint density at radius 1 is 1.05 bits per heavy atom. The third-order valence-electron chi connectivity index (χ3n) is 3.02. The number of hydrogen-bond acceptors (Lipinski definition) is 5. The van der Waals surface area contributed by atoms with Crippen molar-refractivity contribution in [3.8, 4) is 17.2 Å². The molecule has 0 saturated heterocycles. The predicted molar refractivity (Wildman–Crippen MR) is 82.7 cm³/mol. The predicted octanol–water partition coefficient (Wildman–Crippen LogP) is 3.37. The lowest BCUT2D eigenvalue weighted by Crippen LogP contribution is -2.04. The topological polar surface area (TPSA) is 52.6 Å². The Bertz CT molecular complexity index is 620. The second-order valence-corrected chi connectivity index (χ2v) is 4.61. The Morgan fingerprint density at radius 3 is 2.43 bits per heavy atom. The van der Waals surface area contributed by atoms with E-state index in [9.17, 15) is 0 Å². The smallest absolute Gasteiger partial charge is 0.203 e. The Labute approximate surface area is 128 Å². The number of hydrogen-bond donors (Lipinski definition) is 1. The highest BCUT2D eigenvalue weighted by atomic mass is 35.5. The van der Waals surface area contributed by atoms with Crippen molar-refractivity contribution >= 4 is 17.3 Å². The molecule has 6 heteroatoms. The van der Waals surface area contributed by atoms with Gasteiger partial charge >= 0.3 is 0 Å². The monoisotopic (exact) mass is 308 g/mol. The number of nitrogens with zero attached hydrogens (tertiary/aromatic N) is 1. The maximum absolute atomic E-state index is 6.09. The lowest BCUT2D eigenvalue weighted by atomic mass is 10.1. The quantitative estimate of drug-likeness (QED) is 0.886. The number of aromatic nitrogens is 1. The standard InChI is InChI=1S/C15H17ClN2O3/c1-19-13-5-4-10(14(20-2)15(13)21-3)8-18-12-9-17-7-6-11(12)16/h4-7,9,18H,8H2,1-3H3. The molecule has 1 aromatic heterocycles. The second kappa shape index (κ2) is 7.04. The van der Waals surface area contributed by atoms with Crippen molar-refractivity contribution in [2.75, 3.05) is 26.6 Å². The van der Waals surface area contributed by atoms with Crippen LogP contribution in [0.5, 0.6) is 17.2 Å². The molecular weight excluding hydrogens is 292 g/mol. The summed E-state index contributed by atoms with van der Waals surface area (Å²) in [5.74, 6) is 1.82. The summed E-state index contributed by atoms with van der Waals surface area (Å²) < 4.78 is 16.1. The Balaban J connectivity index is 2.26. The number of pyridine rings is 1. The van der Waals surface area contributed by atoms with E-state index in [1.807, 2.05) is 12.1 Å². The minimum Gasteiger partial charge on any atom is -0.493 e. The zero-order chi connectivity index (χ0) is 15.2. The van der Waals surface area contributed by atoms with E-state index < -0.39 is 0 Å². The van der Waals surface area contributed by atoms with Gasteiger partial charge in [-0.2, -0.15) is 0 Å². The van der Waals surface area contributed by atoms with Crippen LogP contribution in [0.25, 0.3) is 0 Å². The molecule has 1 heterocycles. The second-order valence-electron chi connectivity index (χ2n) is 4.20. The number of methoxy groups -OCH3 is 3. The maximum atomic E-state index is 6.09. The van der Waals surface area contributed by atoms with Gasteiger partial charge in [0.2, 0.25) is 5.75 Å². The molecule has 21 heavy (non-hydrogen) atoms. The summed E-state index contributed by atoms with van der Waals surface area (Å²) in [6, 6.07) is 5.48. The third kappa shape index (κ3) is 3.31. The molecule has 2 aromatic rings. The van der Waals surface area contributed by atoms with Gasteiger partial charge < -0.3 is 19.5 Å². The van der Waals surface area contributed by atoms with Gasteiger partial charge in [0.05, 0.1) is 38.2 Å². The first-order valence-electron chi connectivity index (χ1n) is 6.32. The summed E-state index contributed by atoms with van der Waals surface area (Å²) in [5.41, 5.74) is 1.69. The van der Waals surface area contributed by atoms with Crippen molar-refractivity contribution in [1.29, 1.82) is 0 Å². The first kappa shape index (κ1) is 15.3. The maximum Gasteiger partial charge on any atom is 0.203 e. The molecule has 2 rings (SSSR count). The molecule has 5 nitrogen and oxygen atoms in total. The van der Waals surface area contributed by atoms with Crippen LogP contribution in [0.4, 0.5) is 5.69 Å². The molecule has 0 fully saturated rings. The summed E-state index contributed by atoms with van der Waals surface area (Å²) in [7, 11) is 4.76. The number of benzene rings is 1. The van der Waals surface area contributed by atoms with Gasteiger partial charge in [-0.05, 0) is 18.2 Å². The van der Waals surface area contributed by atoms with Gasteiger partial charge in [-0.15, -0.1) is 0 Å².